The van der Waals surface area contributed by atoms with Gasteiger partial charge in [0, 0.05) is 10.4 Å². The molecule has 2 aromatic heterocycles. The number of imidazole rings is 1. The highest BCUT2D eigenvalue weighted by atomic mass is 32.1. The van der Waals surface area contributed by atoms with Crippen LogP contribution in [0.4, 0.5) is 5.00 Å². The molecule has 3 aromatic carbocycles. The van der Waals surface area contributed by atoms with Crippen molar-refractivity contribution in [3.05, 3.63) is 95.1 Å². The molecule has 41 heavy (non-hydrogen) atoms. The van der Waals surface area contributed by atoms with Crippen LogP contribution < -0.4 is 5.32 Å². The third-order valence-corrected chi connectivity index (χ3v) is 8.40. The van der Waals surface area contributed by atoms with Gasteiger partial charge in [-0.15, -0.1) is 11.3 Å². The number of thiophene rings is 1. The molecule has 0 bridgehead atoms. The number of ether oxygens (including phenoxy) is 2. The zero-order valence-electron chi connectivity index (χ0n) is 22.5. The smallest absolute Gasteiger partial charge is 0.341 e. The van der Waals surface area contributed by atoms with Crippen molar-refractivity contribution in [1.82, 2.24) is 9.97 Å². The van der Waals surface area contributed by atoms with E-state index in [1.165, 1.54) is 24.0 Å². The van der Waals surface area contributed by atoms with Crippen LogP contribution in [-0.4, -0.2) is 41.0 Å². The van der Waals surface area contributed by atoms with E-state index in [9.17, 15) is 14.4 Å². The van der Waals surface area contributed by atoms with Gasteiger partial charge in [-0.3, -0.25) is 4.79 Å². The SMILES string of the molecule is CCC(OC(=O)c1ccc2nc(-c3ccccc3)[nH]c2c1)C(=O)Nc1sc2c(c1C(=O)OC)CCc1ccccc1-2. The molecule has 9 heteroatoms. The molecule has 1 amide bonds. The fraction of sp³-hybridized carbons (Fsp3) is 0.188. The third kappa shape index (κ3) is 5.00. The predicted octanol–water partition coefficient (Wildman–Crippen LogP) is 6.42. The molecule has 0 saturated heterocycles. The fourth-order valence-corrected chi connectivity index (χ4v) is 6.43. The first-order valence-corrected chi connectivity index (χ1v) is 14.2. The average molecular weight is 566 g/mol. The number of benzene rings is 3. The normalized spacial score (nSPS) is 12.7. The van der Waals surface area contributed by atoms with Gasteiger partial charge < -0.3 is 19.8 Å². The lowest BCUT2D eigenvalue weighted by atomic mass is 9.89. The molecule has 6 rings (SSSR count). The number of esters is 2. The van der Waals surface area contributed by atoms with Crippen molar-refractivity contribution in [3.63, 3.8) is 0 Å². The van der Waals surface area contributed by atoms with Crippen LogP contribution in [0.25, 0.3) is 32.9 Å². The van der Waals surface area contributed by atoms with Crippen molar-refractivity contribution in [1.29, 1.82) is 0 Å². The molecule has 2 N–H and O–H groups in total. The van der Waals surface area contributed by atoms with E-state index >= 15 is 0 Å². The summed E-state index contributed by atoms with van der Waals surface area (Å²) < 4.78 is 10.7. The van der Waals surface area contributed by atoms with Crippen molar-refractivity contribution < 1.29 is 23.9 Å². The Labute approximate surface area is 240 Å². The van der Waals surface area contributed by atoms with Crippen LogP contribution in [0.2, 0.25) is 0 Å². The predicted molar refractivity (Wildman–Crippen MR) is 158 cm³/mol. The number of nitrogens with one attached hydrogen (secondary N) is 2. The average Bonchev–Trinajstić information content (AvgIpc) is 3.61. The van der Waals surface area contributed by atoms with Gasteiger partial charge in [-0.2, -0.15) is 0 Å². The van der Waals surface area contributed by atoms with E-state index in [1.54, 1.807) is 25.1 Å². The second-order valence-corrected chi connectivity index (χ2v) is 10.8. The molecule has 1 unspecified atom stereocenters. The molecule has 0 radical (unpaired) electrons. The molecule has 206 valence electrons. The Morgan fingerprint density at radius 3 is 2.56 bits per heavy atom. The van der Waals surface area contributed by atoms with Crippen LogP contribution in [0.15, 0.2) is 72.8 Å². The van der Waals surface area contributed by atoms with Gasteiger partial charge in [0.2, 0.25) is 0 Å². The van der Waals surface area contributed by atoms with E-state index < -0.39 is 23.9 Å². The molecule has 0 spiro atoms. The van der Waals surface area contributed by atoms with Crippen molar-refractivity contribution in [2.75, 3.05) is 12.4 Å². The summed E-state index contributed by atoms with van der Waals surface area (Å²) in [6.45, 7) is 1.76. The van der Waals surface area contributed by atoms with Gasteiger partial charge in [-0.1, -0.05) is 61.5 Å². The fourth-order valence-electron chi connectivity index (χ4n) is 5.13. The van der Waals surface area contributed by atoms with Gasteiger partial charge in [-0.05, 0) is 54.2 Å². The lowest BCUT2D eigenvalue weighted by Gasteiger charge is -2.17. The summed E-state index contributed by atoms with van der Waals surface area (Å²) in [4.78, 5) is 48.0. The van der Waals surface area contributed by atoms with Gasteiger partial charge in [-0.25, -0.2) is 14.6 Å². The number of hydrogen-bond donors (Lipinski definition) is 2. The summed E-state index contributed by atoms with van der Waals surface area (Å²) in [5.41, 5.74) is 6.09. The first kappa shape index (κ1) is 26.5. The van der Waals surface area contributed by atoms with Crippen LogP contribution in [0.1, 0.15) is 45.2 Å². The van der Waals surface area contributed by atoms with E-state index in [0.717, 1.165) is 28.0 Å². The largest absolute Gasteiger partial charge is 0.465 e. The number of anilines is 1. The second kappa shape index (κ2) is 11.0. The van der Waals surface area contributed by atoms with Crippen molar-refractivity contribution >= 4 is 45.2 Å². The molecule has 1 aliphatic rings. The maximum Gasteiger partial charge on any atom is 0.341 e. The summed E-state index contributed by atoms with van der Waals surface area (Å²) in [5, 5.41) is 3.25. The van der Waals surface area contributed by atoms with E-state index in [2.05, 4.69) is 21.4 Å². The molecule has 0 saturated carbocycles. The molecule has 0 fully saturated rings. The van der Waals surface area contributed by atoms with Crippen LogP contribution in [0.3, 0.4) is 0 Å². The number of hydrogen-bond acceptors (Lipinski definition) is 7. The number of carbonyl (C=O) groups excluding carboxylic acids is 3. The molecule has 0 aliphatic heterocycles. The Balaban J connectivity index is 1.23. The molecule has 1 atom stereocenters. The number of amides is 1. The van der Waals surface area contributed by atoms with Gasteiger partial charge in [0.15, 0.2) is 6.10 Å². The van der Waals surface area contributed by atoms with Crippen LogP contribution in [0.5, 0.6) is 0 Å². The van der Waals surface area contributed by atoms with Crippen molar-refractivity contribution in [3.8, 4) is 21.8 Å². The van der Waals surface area contributed by atoms with Gasteiger partial charge in [0.05, 0.1) is 29.3 Å². The number of aromatic nitrogens is 2. The minimum Gasteiger partial charge on any atom is -0.465 e. The van der Waals surface area contributed by atoms with E-state index in [-0.39, 0.29) is 6.42 Å². The van der Waals surface area contributed by atoms with Crippen LogP contribution in [0, 0.1) is 0 Å². The van der Waals surface area contributed by atoms with Gasteiger partial charge in [0.25, 0.3) is 5.91 Å². The summed E-state index contributed by atoms with van der Waals surface area (Å²) in [7, 11) is 1.32. The molecule has 2 heterocycles. The minimum atomic E-state index is -1.06. The van der Waals surface area contributed by atoms with Crippen LogP contribution >= 0.6 is 11.3 Å². The Bertz CT molecular complexity index is 1790. The number of fused-ring (bicyclic) bond motifs is 4. The monoisotopic (exact) mass is 565 g/mol. The van der Waals surface area contributed by atoms with Crippen molar-refractivity contribution in [2.24, 2.45) is 0 Å². The maximum atomic E-state index is 13.4. The Kier molecular flexibility index (Phi) is 7.11. The molecule has 5 aromatic rings. The molecule has 8 nitrogen and oxygen atoms in total. The highest BCUT2D eigenvalue weighted by Gasteiger charge is 2.31. The van der Waals surface area contributed by atoms with Gasteiger partial charge in [0.1, 0.15) is 10.8 Å². The summed E-state index contributed by atoms with van der Waals surface area (Å²) in [6.07, 6.45) is 0.651. The lowest BCUT2D eigenvalue weighted by molar-refractivity contribution is -0.124. The van der Waals surface area contributed by atoms with E-state index in [1.807, 2.05) is 48.5 Å². The zero-order valence-corrected chi connectivity index (χ0v) is 23.3. The number of aromatic amines is 1. The second-order valence-electron chi connectivity index (χ2n) is 9.74. The standard InChI is InChI=1S/C32H27N3O5S/c1-3-25(40-31(37)20-14-16-23-24(17-20)34-28(33-23)19-10-5-4-6-11-19)29(36)35-30-26(32(38)39-2)22-15-13-18-9-7-8-12-21(18)27(22)41-30/h4-12,14,16-17,25H,3,13,15H2,1-2H3,(H,33,34)(H,35,36). The number of carbonyl (C=O) groups is 3. The number of H-pyrrole nitrogens is 1. The van der Waals surface area contributed by atoms with E-state index in [0.29, 0.717) is 39.4 Å². The zero-order chi connectivity index (χ0) is 28.5. The third-order valence-electron chi connectivity index (χ3n) is 7.22. The molecule has 1 aliphatic carbocycles. The topological polar surface area (TPSA) is 110 Å². The van der Waals surface area contributed by atoms with Gasteiger partial charge >= 0.3 is 11.9 Å². The number of aryl methyl sites for hydroxylation is 1. The highest BCUT2D eigenvalue weighted by Crippen LogP contribution is 2.45. The lowest BCUT2D eigenvalue weighted by Crippen LogP contribution is -2.32. The number of nitrogens with zero attached hydrogens (tertiary/aromatic N) is 1. The first-order chi connectivity index (χ1) is 20.0. The summed E-state index contributed by atoms with van der Waals surface area (Å²) >= 11 is 1.34. The molecular weight excluding hydrogens is 538 g/mol. The Hall–Kier alpha value is -4.76. The van der Waals surface area contributed by atoms with E-state index in [4.69, 9.17) is 9.47 Å². The highest BCUT2D eigenvalue weighted by molar-refractivity contribution is 7.20. The number of methoxy groups -OCH3 is 1. The number of rotatable bonds is 7. The summed E-state index contributed by atoms with van der Waals surface area (Å²) in [6, 6.07) is 22.8. The van der Waals surface area contributed by atoms with Crippen LogP contribution in [-0.2, 0) is 27.1 Å². The quantitative estimate of drug-likeness (QED) is 0.221. The minimum absolute atomic E-state index is 0.253. The molecular formula is C32H27N3O5S. The Morgan fingerprint density at radius 2 is 1.78 bits per heavy atom. The first-order valence-electron chi connectivity index (χ1n) is 13.4. The van der Waals surface area contributed by atoms with Crippen molar-refractivity contribution in [2.45, 2.75) is 32.3 Å². The Morgan fingerprint density at radius 1 is 1.00 bits per heavy atom. The maximum absolute atomic E-state index is 13.4. The summed E-state index contributed by atoms with van der Waals surface area (Å²) in [5.74, 6) is -0.950.